The Morgan fingerprint density at radius 2 is 2.18 bits per heavy atom. The first-order valence-corrected chi connectivity index (χ1v) is 6.91. The van der Waals surface area contributed by atoms with E-state index >= 15 is 0 Å². The first kappa shape index (κ1) is 14.3. The zero-order valence-electron chi connectivity index (χ0n) is 11.2. The number of hydrogen-bond acceptors (Lipinski definition) is 3. The SMILES string of the molecule is CCC1CCCN(C(CC)CC(N)=NO)CC1. The van der Waals surface area contributed by atoms with E-state index in [1.165, 1.54) is 25.7 Å². The Balaban J connectivity index is 2.51. The highest BCUT2D eigenvalue weighted by Crippen LogP contribution is 2.22. The van der Waals surface area contributed by atoms with E-state index in [0.29, 0.717) is 18.3 Å². The molecule has 1 rings (SSSR count). The van der Waals surface area contributed by atoms with Gasteiger partial charge in [-0.1, -0.05) is 25.4 Å². The molecule has 0 aromatic carbocycles. The molecule has 100 valence electrons. The fourth-order valence-electron chi connectivity index (χ4n) is 2.77. The van der Waals surface area contributed by atoms with Crippen LogP contribution >= 0.6 is 0 Å². The Kier molecular flexibility index (Phi) is 6.34. The van der Waals surface area contributed by atoms with E-state index in [2.05, 4.69) is 23.9 Å². The standard InChI is InChI=1S/C13H27N3O/c1-3-11-6-5-8-16(9-7-11)12(4-2)10-13(14)15-17/h11-12,17H,3-10H2,1-2H3,(H2,14,15). The third-order valence-corrected chi connectivity index (χ3v) is 4.02. The second kappa shape index (κ2) is 7.54. The molecule has 1 heterocycles. The molecule has 0 aromatic heterocycles. The van der Waals surface area contributed by atoms with E-state index in [4.69, 9.17) is 10.9 Å². The van der Waals surface area contributed by atoms with Gasteiger partial charge in [-0.05, 0) is 44.7 Å². The molecule has 0 radical (unpaired) electrons. The Labute approximate surface area is 105 Å². The number of nitrogens with zero attached hydrogens (tertiary/aromatic N) is 2. The summed E-state index contributed by atoms with van der Waals surface area (Å²) in [6, 6.07) is 0.432. The van der Waals surface area contributed by atoms with Crippen molar-refractivity contribution in [1.82, 2.24) is 4.90 Å². The highest BCUT2D eigenvalue weighted by molar-refractivity contribution is 5.80. The van der Waals surface area contributed by atoms with Gasteiger partial charge in [0, 0.05) is 12.5 Å². The van der Waals surface area contributed by atoms with E-state index in [0.717, 1.165) is 25.4 Å². The van der Waals surface area contributed by atoms with E-state index in [1.807, 2.05) is 0 Å². The van der Waals surface area contributed by atoms with Crippen molar-refractivity contribution in [2.45, 2.75) is 58.4 Å². The van der Waals surface area contributed by atoms with Crippen LogP contribution in [0.15, 0.2) is 5.16 Å². The van der Waals surface area contributed by atoms with Crippen molar-refractivity contribution in [3.63, 3.8) is 0 Å². The Bertz CT molecular complexity index is 243. The van der Waals surface area contributed by atoms with E-state index in [9.17, 15) is 0 Å². The van der Waals surface area contributed by atoms with Gasteiger partial charge >= 0.3 is 0 Å². The molecule has 0 aliphatic carbocycles. The van der Waals surface area contributed by atoms with Gasteiger partial charge in [0.2, 0.25) is 0 Å². The Morgan fingerprint density at radius 3 is 2.76 bits per heavy atom. The van der Waals surface area contributed by atoms with Crippen LogP contribution in [0.2, 0.25) is 0 Å². The quantitative estimate of drug-likeness (QED) is 0.336. The highest BCUT2D eigenvalue weighted by atomic mass is 16.4. The second-order valence-electron chi connectivity index (χ2n) is 5.10. The number of amidine groups is 1. The molecule has 0 spiro atoms. The lowest BCUT2D eigenvalue weighted by Crippen LogP contribution is -2.38. The lowest BCUT2D eigenvalue weighted by molar-refractivity contribution is 0.198. The van der Waals surface area contributed by atoms with Crippen LogP contribution < -0.4 is 5.73 Å². The summed E-state index contributed by atoms with van der Waals surface area (Å²) in [6.45, 7) is 6.79. The molecule has 3 N–H and O–H groups in total. The lowest BCUT2D eigenvalue weighted by atomic mass is 9.98. The summed E-state index contributed by atoms with van der Waals surface area (Å²) < 4.78 is 0. The summed E-state index contributed by atoms with van der Waals surface area (Å²) in [5.74, 6) is 1.24. The Morgan fingerprint density at radius 1 is 1.41 bits per heavy atom. The van der Waals surface area contributed by atoms with Crippen molar-refractivity contribution in [1.29, 1.82) is 0 Å². The third-order valence-electron chi connectivity index (χ3n) is 4.02. The van der Waals surface area contributed by atoms with Gasteiger partial charge in [-0.2, -0.15) is 0 Å². The van der Waals surface area contributed by atoms with Crippen LogP contribution in [0, 0.1) is 5.92 Å². The summed E-state index contributed by atoms with van der Waals surface area (Å²) in [7, 11) is 0. The zero-order chi connectivity index (χ0) is 12.7. The van der Waals surface area contributed by atoms with Gasteiger partial charge in [0.1, 0.15) is 5.84 Å². The number of nitrogens with two attached hydrogens (primary N) is 1. The van der Waals surface area contributed by atoms with E-state index in [-0.39, 0.29) is 0 Å². The van der Waals surface area contributed by atoms with Gasteiger partial charge in [0.05, 0.1) is 0 Å². The normalized spacial score (nSPS) is 25.5. The summed E-state index contributed by atoms with van der Waals surface area (Å²) in [5.41, 5.74) is 5.62. The Hall–Kier alpha value is -0.770. The number of rotatable bonds is 5. The molecule has 2 unspecified atom stereocenters. The molecule has 0 bridgehead atoms. The second-order valence-corrected chi connectivity index (χ2v) is 5.10. The van der Waals surface area contributed by atoms with Crippen molar-refractivity contribution in [3.8, 4) is 0 Å². The smallest absolute Gasteiger partial charge is 0.140 e. The molecule has 1 aliphatic heterocycles. The number of likely N-dealkylation sites (tertiary alicyclic amines) is 1. The van der Waals surface area contributed by atoms with E-state index < -0.39 is 0 Å². The molecule has 0 aromatic rings. The molecule has 17 heavy (non-hydrogen) atoms. The molecule has 1 aliphatic rings. The maximum atomic E-state index is 8.66. The third kappa shape index (κ3) is 4.54. The largest absolute Gasteiger partial charge is 0.409 e. The lowest BCUT2D eigenvalue weighted by Gasteiger charge is -2.29. The van der Waals surface area contributed by atoms with Crippen LogP contribution in [0.4, 0.5) is 0 Å². The van der Waals surface area contributed by atoms with Gasteiger partial charge in [0.25, 0.3) is 0 Å². The predicted octanol–water partition coefficient (Wildman–Crippen LogP) is 2.41. The van der Waals surface area contributed by atoms with Crippen LogP contribution in [0.1, 0.15) is 52.4 Å². The molecule has 4 heteroatoms. The van der Waals surface area contributed by atoms with Gasteiger partial charge in [-0.3, -0.25) is 4.90 Å². The van der Waals surface area contributed by atoms with Crippen LogP contribution in [-0.4, -0.2) is 35.1 Å². The first-order chi connectivity index (χ1) is 8.21. The van der Waals surface area contributed by atoms with Gasteiger partial charge < -0.3 is 10.9 Å². The highest BCUT2D eigenvalue weighted by Gasteiger charge is 2.22. The minimum Gasteiger partial charge on any atom is -0.409 e. The molecular weight excluding hydrogens is 214 g/mol. The maximum absolute atomic E-state index is 8.66. The fourth-order valence-corrected chi connectivity index (χ4v) is 2.77. The van der Waals surface area contributed by atoms with Crippen molar-refractivity contribution in [2.75, 3.05) is 13.1 Å². The molecular formula is C13H27N3O. The summed E-state index contributed by atoms with van der Waals surface area (Å²) >= 11 is 0. The molecule has 1 fully saturated rings. The minimum absolute atomic E-state index is 0.355. The topological polar surface area (TPSA) is 61.8 Å². The molecule has 0 amide bonds. The summed E-state index contributed by atoms with van der Waals surface area (Å²) in [5, 5.41) is 11.8. The summed E-state index contributed by atoms with van der Waals surface area (Å²) in [4.78, 5) is 2.52. The number of hydrogen-bond donors (Lipinski definition) is 2. The molecule has 4 nitrogen and oxygen atoms in total. The molecule has 2 atom stereocenters. The van der Waals surface area contributed by atoms with Crippen LogP contribution in [0.3, 0.4) is 0 Å². The molecule has 1 saturated heterocycles. The van der Waals surface area contributed by atoms with Crippen molar-refractivity contribution < 1.29 is 5.21 Å². The van der Waals surface area contributed by atoms with Gasteiger partial charge in [-0.15, -0.1) is 0 Å². The van der Waals surface area contributed by atoms with Gasteiger partial charge in [0.15, 0.2) is 0 Å². The average molecular weight is 241 g/mol. The van der Waals surface area contributed by atoms with Gasteiger partial charge in [-0.25, -0.2) is 0 Å². The van der Waals surface area contributed by atoms with Crippen molar-refractivity contribution >= 4 is 5.84 Å². The fraction of sp³-hybridized carbons (Fsp3) is 0.923. The monoisotopic (exact) mass is 241 g/mol. The minimum atomic E-state index is 0.355. The predicted molar refractivity (Wildman–Crippen MR) is 71.3 cm³/mol. The molecule has 0 saturated carbocycles. The van der Waals surface area contributed by atoms with Crippen LogP contribution in [0.25, 0.3) is 0 Å². The first-order valence-electron chi connectivity index (χ1n) is 6.91. The average Bonchev–Trinajstić information content (AvgIpc) is 2.60. The van der Waals surface area contributed by atoms with Crippen molar-refractivity contribution in [3.05, 3.63) is 0 Å². The van der Waals surface area contributed by atoms with Crippen LogP contribution in [-0.2, 0) is 0 Å². The van der Waals surface area contributed by atoms with E-state index in [1.54, 1.807) is 0 Å². The van der Waals surface area contributed by atoms with Crippen molar-refractivity contribution in [2.24, 2.45) is 16.8 Å². The number of oxime groups is 1. The maximum Gasteiger partial charge on any atom is 0.140 e. The summed E-state index contributed by atoms with van der Waals surface area (Å²) in [6.07, 6.45) is 6.98. The zero-order valence-corrected chi connectivity index (χ0v) is 11.2. The van der Waals surface area contributed by atoms with Crippen LogP contribution in [0.5, 0.6) is 0 Å².